The summed E-state index contributed by atoms with van der Waals surface area (Å²) in [5, 5.41) is 9.37. The predicted octanol–water partition coefficient (Wildman–Crippen LogP) is 2.68. The van der Waals surface area contributed by atoms with Crippen LogP contribution in [0.4, 0.5) is 0 Å². The van der Waals surface area contributed by atoms with Gasteiger partial charge in [0.1, 0.15) is 6.54 Å². The second-order valence-electron chi connectivity index (χ2n) is 4.04. The number of hydrogen-bond acceptors (Lipinski definition) is 2. The van der Waals surface area contributed by atoms with Gasteiger partial charge >= 0.3 is 5.97 Å². The monoisotopic (exact) mass is 281 g/mol. The number of aliphatic carboxylic acids is 1. The molecule has 1 aromatic carbocycles. The van der Waals surface area contributed by atoms with Crippen molar-refractivity contribution in [2.45, 2.75) is 13.3 Å². The molecule has 1 N–H and O–H groups in total. The molecule has 0 aliphatic heterocycles. The molecule has 1 rings (SSSR count). The van der Waals surface area contributed by atoms with Crippen molar-refractivity contribution in [3.63, 3.8) is 0 Å². The highest BCUT2D eigenvalue weighted by molar-refractivity contribution is 6.30. The zero-order valence-corrected chi connectivity index (χ0v) is 11.4. The highest BCUT2D eigenvalue weighted by Crippen LogP contribution is 2.10. The Bertz CT molecular complexity index is 468. The Hall–Kier alpha value is -1.81. The van der Waals surface area contributed by atoms with Gasteiger partial charge in [-0.3, -0.25) is 9.59 Å². The van der Waals surface area contributed by atoms with Crippen LogP contribution in [0.3, 0.4) is 0 Å². The molecule has 0 aromatic heterocycles. The van der Waals surface area contributed by atoms with Crippen molar-refractivity contribution < 1.29 is 14.7 Å². The van der Waals surface area contributed by atoms with Crippen LogP contribution < -0.4 is 0 Å². The van der Waals surface area contributed by atoms with Crippen LogP contribution in [0.15, 0.2) is 30.3 Å². The van der Waals surface area contributed by atoms with Crippen molar-refractivity contribution in [1.29, 1.82) is 0 Å². The van der Waals surface area contributed by atoms with E-state index in [1.165, 1.54) is 11.0 Å². The summed E-state index contributed by atoms with van der Waals surface area (Å²) in [6.45, 7) is 2.04. The van der Waals surface area contributed by atoms with E-state index in [-0.39, 0.29) is 12.5 Å². The first kappa shape index (κ1) is 15.2. The van der Waals surface area contributed by atoms with Crippen LogP contribution in [0.1, 0.15) is 18.9 Å². The van der Waals surface area contributed by atoms with Gasteiger partial charge in [-0.1, -0.05) is 30.7 Å². The van der Waals surface area contributed by atoms with E-state index < -0.39 is 5.97 Å². The summed E-state index contributed by atoms with van der Waals surface area (Å²) in [6.07, 6.45) is 3.73. The van der Waals surface area contributed by atoms with Crippen LogP contribution in [0.2, 0.25) is 5.02 Å². The molecule has 4 nitrogen and oxygen atoms in total. The summed E-state index contributed by atoms with van der Waals surface area (Å²) < 4.78 is 0. The largest absolute Gasteiger partial charge is 0.480 e. The number of nitrogens with zero attached hydrogens (tertiary/aromatic N) is 1. The molecule has 0 atom stereocenters. The minimum absolute atomic E-state index is 0.280. The van der Waals surface area contributed by atoms with E-state index in [1.54, 1.807) is 30.3 Å². The molecule has 1 amide bonds. The molecule has 5 heteroatoms. The van der Waals surface area contributed by atoms with E-state index in [1.807, 2.05) is 6.92 Å². The minimum Gasteiger partial charge on any atom is -0.480 e. The molecule has 19 heavy (non-hydrogen) atoms. The number of carboxylic acid groups (broad SMARTS) is 1. The van der Waals surface area contributed by atoms with Crippen LogP contribution in [0.5, 0.6) is 0 Å². The summed E-state index contributed by atoms with van der Waals surface area (Å²) in [5.41, 5.74) is 0.838. The Kier molecular flexibility index (Phi) is 6.09. The normalized spacial score (nSPS) is 10.6. The van der Waals surface area contributed by atoms with Crippen molar-refractivity contribution in [3.05, 3.63) is 40.9 Å². The summed E-state index contributed by atoms with van der Waals surface area (Å²) >= 11 is 5.76. The van der Waals surface area contributed by atoms with E-state index in [4.69, 9.17) is 16.7 Å². The summed E-state index contributed by atoms with van der Waals surface area (Å²) in [5.74, 6) is -1.32. The van der Waals surface area contributed by atoms with Crippen molar-refractivity contribution in [1.82, 2.24) is 4.90 Å². The first-order valence-electron chi connectivity index (χ1n) is 5.97. The lowest BCUT2D eigenvalue weighted by Gasteiger charge is -2.17. The molecule has 0 aliphatic rings. The van der Waals surface area contributed by atoms with Crippen molar-refractivity contribution in [2.24, 2.45) is 0 Å². The maximum atomic E-state index is 11.9. The average Bonchev–Trinajstić information content (AvgIpc) is 2.37. The highest BCUT2D eigenvalue weighted by Gasteiger charge is 2.12. The van der Waals surface area contributed by atoms with E-state index >= 15 is 0 Å². The Morgan fingerprint density at radius 2 is 1.95 bits per heavy atom. The van der Waals surface area contributed by atoms with Gasteiger partial charge in [-0.05, 0) is 30.2 Å². The number of halogens is 1. The van der Waals surface area contributed by atoms with Crippen LogP contribution in [-0.2, 0) is 9.59 Å². The van der Waals surface area contributed by atoms with Crippen LogP contribution >= 0.6 is 11.6 Å². The number of rotatable bonds is 6. The highest BCUT2D eigenvalue weighted by atomic mass is 35.5. The molecule has 1 aromatic rings. The molecule has 0 saturated carbocycles. The van der Waals surface area contributed by atoms with Crippen molar-refractivity contribution >= 4 is 29.6 Å². The second kappa shape index (κ2) is 7.59. The number of benzene rings is 1. The lowest BCUT2D eigenvalue weighted by molar-refractivity contribution is -0.142. The number of amides is 1. The maximum Gasteiger partial charge on any atom is 0.323 e. The molecule has 0 saturated heterocycles. The van der Waals surface area contributed by atoms with Crippen LogP contribution in [0, 0.1) is 0 Å². The molecule has 0 unspecified atom stereocenters. The Labute approximate surface area is 117 Å². The topological polar surface area (TPSA) is 57.6 Å². The van der Waals surface area contributed by atoms with Crippen LogP contribution in [-0.4, -0.2) is 35.0 Å². The van der Waals surface area contributed by atoms with Crippen LogP contribution in [0.25, 0.3) is 6.08 Å². The van der Waals surface area contributed by atoms with Gasteiger partial charge in [0.2, 0.25) is 5.91 Å². The molecule has 0 radical (unpaired) electrons. The maximum absolute atomic E-state index is 11.9. The number of carbonyl (C=O) groups excluding carboxylic acids is 1. The number of carboxylic acids is 1. The molecular weight excluding hydrogens is 266 g/mol. The first-order valence-corrected chi connectivity index (χ1v) is 6.35. The van der Waals surface area contributed by atoms with Gasteiger partial charge in [0.05, 0.1) is 0 Å². The van der Waals surface area contributed by atoms with E-state index in [0.29, 0.717) is 18.0 Å². The van der Waals surface area contributed by atoms with Gasteiger partial charge in [-0.2, -0.15) is 0 Å². The lowest BCUT2D eigenvalue weighted by atomic mass is 10.2. The summed E-state index contributed by atoms with van der Waals surface area (Å²) in [4.78, 5) is 23.8. The quantitative estimate of drug-likeness (QED) is 0.816. The third kappa shape index (κ3) is 5.57. The van der Waals surface area contributed by atoms with Crippen molar-refractivity contribution in [2.75, 3.05) is 13.1 Å². The van der Waals surface area contributed by atoms with Gasteiger partial charge in [0, 0.05) is 17.6 Å². The molecular formula is C14H16ClNO3. The van der Waals surface area contributed by atoms with Gasteiger partial charge in [0.25, 0.3) is 0 Å². The fourth-order valence-electron chi connectivity index (χ4n) is 1.55. The summed E-state index contributed by atoms with van der Waals surface area (Å²) in [6, 6.07) is 7.03. The standard InChI is InChI=1S/C14H16ClNO3/c1-2-9-16(10-14(18)19)13(17)8-5-11-3-6-12(15)7-4-11/h3-8H,2,9-10H2,1H3,(H,18,19)/b8-5+. The van der Waals surface area contributed by atoms with Gasteiger partial charge in [0.15, 0.2) is 0 Å². The van der Waals surface area contributed by atoms with Gasteiger partial charge < -0.3 is 10.0 Å². The molecule has 0 spiro atoms. The van der Waals surface area contributed by atoms with E-state index in [0.717, 1.165) is 5.56 Å². The van der Waals surface area contributed by atoms with Gasteiger partial charge in [-0.15, -0.1) is 0 Å². The van der Waals surface area contributed by atoms with E-state index in [2.05, 4.69) is 0 Å². The summed E-state index contributed by atoms with van der Waals surface area (Å²) in [7, 11) is 0. The molecule has 0 heterocycles. The zero-order valence-electron chi connectivity index (χ0n) is 10.7. The van der Waals surface area contributed by atoms with Crippen molar-refractivity contribution in [3.8, 4) is 0 Å². The lowest BCUT2D eigenvalue weighted by Crippen LogP contribution is -2.35. The Balaban J connectivity index is 2.69. The minimum atomic E-state index is -1.01. The fourth-order valence-corrected chi connectivity index (χ4v) is 1.67. The second-order valence-corrected chi connectivity index (χ2v) is 4.47. The average molecular weight is 282 g/mol. The number of carbonyl (C=O) groups is 2. The van der Waals surface area contributed by atoms with Gasteiger partial charge in [-0.25, -0.2) is 0 Å². The molecule has 0 aliphatic carbocycles. The predicted molar refractivity (Wildman–Crippen MR) is 75.0 cm³/mol. The SMILES string of the molecule is CCCN(CC(=O)O)C(=O)/C=C/c1ccc(Cl)cc1. The van der Waals surface area contributed by atoms with E-state index in [9.17, 15) is 9.59 Å². The third-order valence-electron chi connectivity index (χ3n) is 2.42. The Morgan fingerprint density at radius 3 is 2.47 bits per heavy atom. The smallest absolute Gasteiger partial charge is 0.323 e. The molecule has 0 bridgehead atoms. The fraction of sp³-hybridized carbons (Fsp3) is 0.286. The number of hydrogen-bond donors (Lipinski definition) is 1. The third-order valence-corrected chi connectivity index (χ3v) is 2.67. The molecule has 0 fully saturated rings. The Morgan fingerprint density at radius 1 is 1.32 bits per heavy atom. The first-order chi connectivity index (χ1) is 9.02. The zero-order chi connectivity index (χ0) is 14.3. The molecule has 102 valence electrons.